The summed E-state index contributed by atoms with van der Waals surface area (Å²) >= 11 is 0. The maximum Gasteiger partial charge on any atom is 0.193 e. The summed E-state index contributed by atoms with van der Waals surface area (Å²) in [6, 6.07) is 9.34. The average Bonchev–Trinajstić information content (AvgIpc) is 3.05. The number of benzene rings is 1. The first-order chi connectivity index (χ1) is 11.1. The van der Waals surface area contributed by atoms with E-state index in [9.17, 15) is 8.42 Å². The lowest BCUT2D eigenvalue weighted by molar-refractivity contribution is 0.493. The van der Waals surface area contributed by atoms with Gasteiger partial charge in [-0.25, -0.2) is 8.42 Å². The molecular formula is C17H27N3O2S. The topological polar surface area (TPSA) is 61.8 Å². The molecule has 1 aliphatic rings. The molecule has 0 unspecified atom stereocenters. The van der Waals surface area contributed by atoms with Gasteiger partial charge in [-0.1, -0.05) is 30.3 Å². The van der Waals surface area contributed by atoms with Crippen LogP contribution in [0.2, 0.25) is 0 Å². The fraction of sp³-hybridized carbons (Fsp3) is 0.588. The summed E-state index contributed by atoms with van der Waals surface area (Å²) in [6.45, 7) is 5.51. The van der Waals surface area contributed by atoms with E-state index in [0.29, 0.717) is 13.0 Å². The molecule has 1 aromatic carbocycles. The second kappa shape index (κ2) is 8.91. The lowest BCUT2D eigenvalue weighted by Crippen LogP contribution is -2.39. The molecule has 128 valence electrons. The molecule has 1 aliphatic heterocycles. The Labute approximate surface area is 139 Å². The average molecular weight is 337 g/mol. The van der Waals surface area contributed by atoms with Gasteiger partial charge in [0.05, 0.1) is 11.5 Å². The molecular weight excluding hydrogens is 310 g/mol. The van der Waals surface area contributed by atoms with Crippen LogP contribution in [0.3, 0.4) is 0 Å². The Balaban J connectivity index is 1.81. The van der Waals surface area contributed by atoms with E-state index in [2.05, 4.69) is 22.1 Å². The maximum absolute atomic E-state index is 12.2. The summed E-state index contributed by atoms with van der Waals surface area (Å²) in [6.07, 6.45) is 2.98. The van der Waals surface area contributed by atoms with Gasteiger partial charge >= 0.3 is 0 Å². The fourth-order valence-electron chi connectivity index (χ4n) is 2.72. The first kappa shape index (κ1) is 17.8. The Kier molecular flexibility index (Phi) is 6.89. The second-order valence-electron chi connectivity index (χ2n) is 5.86. The smallest absolute Gasteiger partial charge is 0.193 e. The summed E-state index contributed by atoms with van der Waals surface area (Å²) in [5, 5.41) is 3.29. The number of hydrogen-bond donors (Lipinski definition) is 1. The Hall–Kier alpha value is -1.56. The van der Waals surface area contributed by atoms with E-state index in [1.807, 2.05) is 30.3 Å². The molecule has 1 fully saturated rings. The van der Waals surface area contributed by atoms with Gasteiger partial charge in [0.2, 0.25) is 0 Å². The maximum atomic E-state index is 12.2. The van der Waals surface area contributed by atoms with Gasteiger partial charge < -0.3 is 10.2 Å². The van der Waals surface area contributed by atoms with E-state index >= 15 is 0 Å². The second-order valence-corrected chi connectivity index (χ2v) is 8.05. The summed E-state index contributed by atoms with van der Waals surface area (Å²) in [4.78, 5) is 6.82. The fourth-order valence-corrected chi connectivity index (χ4v) is 4.14. The first-order valence-corrected chi connectivity index (χ1v) is 10.2. The van der Waals surface area contributed by atoms with Crippen LogP contribution in [0.5, 0.6) is 0 Å². The van der Waals surface area contributed by atoms with E-state index in [1.165, 1.54) is 12.8 Å². The zero-order valence-electron chi connectivity index (χ0n) is 13.9. The number of nitrogens with one attached hydrogen (secondary N) is 1. The van der Waals surface area contributed by atoms with E-state index < -0.39 is 9.84 Å². The van der Waals surface area contributed by atoms with Crippen LogP contribution in [0.15, 0.2) is 35.3 Å². The van der Waals surface area contributed by atoms with Crippen LogP contribution in [0.25, 0.3) is 0 Å². The molecule has 1 saturated heterocycles. The third-order valence-corrected chi connectivity index (χ3v) is 5.53. The van der Waals surface area contributed by atoms with Crippen LogP contribution in [0.1, 0.15) is 31.7 Å². The number of rotatable bonds is 7. The summed E-state index contributed by atoms with van der Waals surface area (Å²) in [5.41, 5.74) is 0.849. The van der Waals surface area contributed by atoms with Crippen LogP contribution in [-0.4, -0.2) is 51.2 Å². The Morgan fingerprint density at radius 2 is 1.91 bits per heavy atom. The standard InChI is InChI=1S/C17H27N3O2S/c1-2-18-17(20-12-6-7-13-20)19-11-8-14-23(21,22)15-16-9-4-3-5-10-16/h3-5,9-10H,2,6-8,11-15H2,1H3,(H,18,19). The minimum atomic E-state index is -3.07. The Morgan fingerprint density at radius 3 is 2.57 bits per heavy atom. The van der Waals surface area contributed by atoms with Gasteiger partial charge in [0.25, 0.3) is 0 Å². The molecule has 0 atom stereocenters. The number of guanidine groups is 1. The van der Waals surface area contributed by atoms with Gasteiger partial charge in [0.1, 0.15) is 0 Å². The lowest BCUT2D eigenvalue weighted by Gasteiger charge is -2.20. The lowest BCUT2D eigenvalue weighted by atomic mass is 10.2. The Bertz CT molecular complexity index is 594. The van der Waals surface area contributed by atoms with Gasteiger partial charge in [0, 0.05) is 26.2 Å². The van der Waals surface area contributed by atoms with Gasteiger partial charge in [-0.15, -0.1) is 0 Å². The molecule has 1 heterocycles. The van der Waals surface area contributed by atoms with Gasteiger partial charge in [-0.3, -0.25) is 4.99 Å². The van der Waals surface area contributed by atoms with Crippen molar-refractivity contribution >= 4 is 15.8 Å². The highest BCUT2D eigenvalue weighted by Crippen LogP contribution is 2.09. The molecule has 23 heavy (non-hydrogen) atoms. The molecule has 0 bridgehead atoms. The quantitative estimate of drug-likeness (QED) is 0.470. The normalized spacial score (nSPS) is 15.9. The summed E-state index contributed by atoms with van der Waals surface area (Å²) in [5.74, 6) is 1.22. The predicted octanol–water partition coefficient (Wildman–Crippen LogP) is 2.05. The van der Waals surface area contributed by atoms with Crippen molar-refractivity contribution in [3.8, 4) is 0 Å². The number of likely N-dealkylation sites (tertiary alicyclic amines) is 1. The van der Waals surface area contributed by atoms with Crippen LogP contribution in [-0.2, 0) is 15.6 Å². The largest absolute Gasteiger partial charge is 0.357 e. The van der Waals surface area contributed by atoms with Crippen molar-refractivity contribution in [2.75, 3.05) is 31.9 Å². The highest BCUT2D eigenvalue weighted by atomic mass is 32.2. The first-order valence-electron chi connectivity index (χ1n) is 8.38. The number of hydrogen-bond acceptors (Lipinski definition) is 3. The summed E-state index contributed by atoms with van der Waals surface area (Å²) in [7, 11) is -3.07. The highest BCUT2D eigenvalue weighted by Gasteiger charge is 2.16. The van der Waals surface area contributed by atoms with Crippen LogP contribution in [0, 0.1) is 0 Å². The number of sulfone groups is 1. The van der Waals surface area contributed by atoms with Crippen molar-refractivity contribution in [2.45, 2.75) is 31.9 Å². The molecule has 2 rings (SSSR count). The van der Waals surface area contributed by atoms with Crippen molar-refractivity contribution in [2.24, 2.45) is 4.99 Å². The molecule has 0 spiro atoms. The zero-order valence-corrected chi connectivity index (χ0v) is 14.7. The molecule has 1 N–H and O–H groups in total. The molecule has 5 nitrogen and oxygen atoms in total. The van der Waals surface area contributed by atoms with E-state index in [-0.39, 0.29) is 11.5 Å². The van der Waals surface area contributed by atoms with Crippen LogP contribution >= 0.6 is 0 Å². The van der Waals surface area contributed by atoms with Gasteiger partial charge in [-0.2, -0.15) is 0 Å². The van der Waals surface area contributed by atoms with Gasteiger partial charge in [-0.05, 0) is 31.7 Å². The minimum Gasteiger partial charge on any atom is -0.357 e. The van der Waals surface area contributed by atoms with Crippen molar-refractivity contribution in [1.82, 2.24) is 10.2 Å². The third kappa shape index (κ3) is 6.22. The molecule has 0 aromatic heterocycles. The van der Waals surface area contributed by atoms with E-state index in [4.69, 9.17) is 0 Å². The SMILES string of the molecule is CCNC(=NCCCS(=O)(=O)Cc1ccccc1)N1CCCC1. The van der Waals surface area contributed by atoms with Gasteiger partial charge in [0.15, 0.2) is 15.8 Å². The van der Waals surface area contributed by atoms with Crippen molar-refractivity contribution in [3.63, 3.8) is 0 Å². The van der Waals surface area contributed by atoms with E-state index in [0.717, 1.165) is 31.2 Å². The zero-order chi connectivity index (χ0) is 16.5. The van der Waals surface area contributed by atoms with Crippen molar-refractivity contribution < 1.29 is 8.42 Å². The summed E-state index contributed by atoms with van der Waals surface area (Å²) < 4.78 is 24.3. The van der Waals surface area contributed by atoms with Crippen molar-refractivity contribution in [3.05, 3.63) is 35.9 Å². The predicted molar refractivity (Wildman–Crippen MR) is 95.3 cm³/mol. The molecule has 0 amide bonds. The third-order valence-electron chi connectivity index (χ3n) is 3.84. The van der Waals surface area contributed by atoms with E-state index in [1.54, 1.807) is 0 Å². The highest BCUT2D eigenvalue weighted by molar-refractivity contribution is 7.90. The monoisotopic (exact) mass is 337 g/mol. The molecule has 0 saturated carbocycles. The minimum absolute atomic E-state index is 0.115. The molecule has 0 radical (unpaired) electrons. The number of aliphatic imine (C=N–C) groups is 1. The van der Waals surface area contributed by atoms with Crippen LogP contribution < -0.4 is 5.32 Å². The molecule has 1 aromatic rings. The Morgan fingerprint density at radius 1 is 1.22 bits per heavy atom. The van der Waals surface area contributed by atoms with Crippen LogP contribution in [0.4, 0.5) is 0 Å². The molecule has 0 aliphatic carbocycles. The molecule has 6 heteroatoms. The van der Waals surface area contributed by atoms with Crippen molar-refractivity contribution in [1.29, 1.82) is 0 Å². The number of nitrogens with zero attached hydrogens (tertiary/aromatic N) is 2.